The van der Waals surface area contributed by atoms with Gasteiger partial charge >= 0.3 is 0 Å². The van der Waals surface area contributed by atoms with E-state index in [1.165, 1.54) is 0 Å². The minimum Gasteiger partial charge on any atom is -0.337 e. The van der Waals surface area contributed by atoms with Gasteiger partial charge < -0.3 is 9.47 Å². The summed E-state index contributed by atoms with van der Waals surface area (Å²) in [6, 6.07) is 9.85. The lowest BCUT2D eigenvalue weighted by atomic mass is 10.1. The highest BCUT2D eigenvalue weighted by atomic mass is 16.2. The van der Waals surface area contributed by atoms with E-state index in [1.807, 2.05) is 59.2 Å². The van der Waals surface area contributed by atoms with Crippen LogP contribution in [-0.2, 0) is 13.6 Å². The molecule has 6 nitrogen and oxygen atoms in total. The molecule has 1 aromatic carbocycles. The molecule has 1 saturated heterocycles. The Morgan fingerprint density at radius 3 is 2.60 bits per heavy atom. The van der Waals surface area contributed by atoms with E-state index in [4.69, 9.17) is 0 Å². The van der Waals surface area contributed by atoms with Gasteiger partial charge in [0.25, 0.3) is 5.91 Å². The van der Waals surface area contributed by atoms with Gasteiger partial charge in [-0.25, -0.2) is 4.98 Å². The van der Waals surface area contributed by atoms with Crippen molar-refractivity contribution in [3.05, 3.63) is 60.4 Å². The molecule has 1 fully saturated rings. The van der Waals surface area contributed by atoms with Gasteiger partial charge in [-0.3, -0.25) is 14.7 Å². The topological polar surface area (TPSA) is 54.3 Å². The molecule has 1 aliphatic heterocycles. The predicted octanol–water partition coefficient (Wildman–Crippen LogP) is 1.93. The fourth-order valence-electron chi connectivity index (χ4n) is 3.30. The molecule has 0 saturated carbocycles. The number of imidazole rings is 1. The Morgan fingerprint density at radius 1 is 1.04 bits per heavy atom. The van der Waals surface area contributed by atoms with E-state index in [-0.39, 0.29) is 5.91 Å². The number of aromatic nitrogens is 3. The second kappa shape index (κ2) is 6.64. The molecule has 4 rings (SSSR count). The van der Waals surface area contributed by atoms with Crippen molar-refractivity contribution in [3.63, 3.8) is 0 Å². The van der Waals surface area contributed by atoms with E-state index in [2.05, 4.69) is 14.9 Å². The maximum absolute atomic E-state index is 12.9. The number of piperazine rings is 1. The van der Waals surface area contributed by atoms with Crippen LogP contribution in [0.2, 0.25) is 0 Å². The molecule has 0 unspecified atom stereocenters. The summed E-state index contributed by atoms with van der Waals surface area (Å²) in [6.45, 7) is 3.95. The molecule has 0 aliphatic carbocycles. The van der Waals surface area contributed by atoms with E-state index in [0.717, 1.165) is 36.2 Å². The standard InChI is InChI=1S/C19H21N5O/c1-22-9-8-20-17(22)14-23-10-12-24(13-11-23)19(25)18-16-5-3-2-4-15(16)6-7-21-18/h2-9H,10-14H2,1H3. The summed E-state index contributed by atoms with van der Waals surface area (Å²) in [5, 5.41) is 1.97. The summed E-state index contributed by atoms with van der Waals surface area (Å²) < 4.78 is 2.04. The second-order valence-corrected chi connectivity index (χ2v) is 6.40. The largest absolute Gasteiger partial charge is 0.337 e. The Balaban J connectivity index is 1.45. The van der Waals surface area contributed by atoms with Crippen LogP contribution in [0.4, 0.5) is 0 Å². The molecular weight excluding hydrogens is 314 g/mol. The van der Waals surface area contributed by atoms with Gasteiger partial charge in [0.2, 0.25) is 0 Å². The highest BCUT2D eigenvalue weighted by Crippen LogP contribution is 2.18. The predicted molar refractivity (Wildman–Crippen MR) is 96.1 cm³/mol. The Morgan fingerprint density at radius 2 is 1.84 bits per heavy atom. The van der Waals surface area contributed by atoms with E-state index >= 15 is 0 Å². The van der Waals surface area contributed by atoms with Crippen LogP contribution in [0.25, 0.3) is 10.8 Å². The molecular formula is C19H21N5O. The molecule has 6 heteroatoms. The van der Waals surface area contributed by atoms with Crippen molar-refractivity contribution in [2.45, 2.75) is 6.54 Å². The quantitative estimate of drug-likeness (QED) is 0.734. The van der Waals surface area contributed by atoms with Gasteiger partial charge in [0.1, 0.15) is 11.5 Å². The SMILES string of the molecule is Cn1ccnc1CN1CCN(C(=O)c2nccc3ccccc23)CC1. The average molecular weight is 335 g/mol. The molecule has 0 bridgehead atoms. The third-order valence-corrected chi connectivity index (χ3v) is 4.82. The third-order valence-electron chi connectivity index (χ3n) is 4.82. The molecule has 3 aromatic rings. The van der Waals surface area contributed by atoms with Crippen LogP contribution in [0.15, 0.2) is 48.9 Å². The van der Waals surface area contributed by atoms with Crippen molar-refractivity contribution in [3.8, 4) is 0 Å². The van der Waals surface area contributed by atoms with Crippen molar-refractivity contribution in [2.75, 3.05) is 26.2 Å². The second-order valence-electron chi connectivity index (χ2n) is 6.40. The van der Waals surface area contributed by atoms with Crippen molar-refractivity contribution < 1.29 is 4.79 Å². The highest BCUT2D eigenvalue weighted by Gasteiger charge is 2.24. The van der Waals surface area contributed by atoms with Gasteiger partial charge in [0, 0.05) is 57.2 Å². The van der Waals surface area contributed by atoms with Crippen LogP contribution in [0.3, 0.4) is 0 Å². The molecule has 2 aromatic heterocycles. The van der Waals surface area contributed by atoms with E-state index in [1.54, 1.807) is 6.20 Å². The molecule has 0 atom stereocenters. The number of fused-ring (bicyclic) bond motifs is 1. The molecule has 0 spiro atoms. The van der Waals surface area contributed by atoms with Crippen LogP contribution < -0.4 is 0 Å². The monoisotopic (exact) mass is 335 g/mol. The first kappa shape index (κ1) is 15.8. The molecule has 1 aliphatic rings. The van der Waals surface area contributed by atoms with Gasteiger partial charge in [-0.1, -0.05) is 24.3 Å². The van der Waals surface area contributed by atoms with E-state index < -0.39 is 0 Å². The van der Waals surface area contributed by atoms with Gasteiger partial charge in [-0.2, -0.15) is 0 Å². The molecule has 0 radical (unpaired) electrons. The molecule has 128 valence electrons. The van der Waals surface area contributed by atoms with Crippen LogP contribution in [0.5, 0.6) is 0 Å². The molecule has 25 heavy (non-hydrogen) atoms. The molecule has 3 heterocycles. The Labute approximate surface area is 146 Å². The molecule has 0 N–H and O–H groups in total. The fraction of sp³-hybridized carbons (Fsp3) is 0.316. The summed E-state index contributed by atoms with van der Waals surface area (Å²) in [5.41, 5.74) is 0.552. The number of rotatable bonds is 3. The summed E-state index contributed by atoms with van der Waals surface area (Å²) in [7, 11) is 2.01. The number of nitrogens with zero attached hydrogens (tertiary/aromatic N) is 5. The van der Waals surface area contributed by atoms with Crippen molar-refractivity contribution in [2.24, 2.45) is 7.05 Å². The highest BCUT2D eigenvalue weighted by molar-refractivity contribution is 6.05. The fourth-order valence-corrected chi connectivity index (χ4v) is 3.30. The number of carbonyl (C=O) groups is 1. The van der Waals surface area contributed by atoms with Gasteiger partial charge in [0.05, 0.1) is 6.54 Å². The first-order chi connectivity index (χ1) is 12.2. The van der Waals surface area contributed by atoms with Gasteiger partial charge in [-0.05, 0) is 11.5 Å². The normalized spacial score (nSPS) is 15.6. The van der Waals surface area contributed by atoms with E-state index in [9.17, 15) is 4.79 Å². The lowest BCUT2D eigenvalue weighted by molar-refractivity contribution is 0.0621. The van der Waals surface area contributed by atoms with Crippen LogP contribution in [0, 0.1) is 0 Å². The smallest absolute Gasteiger partial charge is 0.273 e. The zero-order valence-electron chi connectivity index (χ0n) is 14.3. The number of pyridine rings is 1. The maximum Gasteiger partial charge on any atom is 0.273 e. The number of hydrogen-bond acceptors (Lipinski definition) is 4. The van der Waals surface area contributed by atoms with E-state index in [0.29, 0.717) is 18.8 Å². The zero-order valence-corrected chi connectivity index (χ0v) is 14.3. The van der Waals surface area contributed by atoms with Crippen molar-refractivity contribution in [1.29, 1.82) is 0 Å². The first-order valence-electron chi connectivity index (χ1n) is 8.54. The summed E-state index contributed by atoms with van der Waals surface area (Å²) in [4.78, 5) is 25.9. The first-order valence-corrected chi connectivity index (χ1v) is 8.54. The summed E-state index contributed by atoms with van der Waals surface area (Å²) in [5.74, 6) is 1.07. The lowest BCUT2D eigenvalue weighted by Crippen LogP contribution is -2.48. The minimum atomic E-state index is 0.0217. The Kier molecular flexibility index (Phi) is 4.19. The van der Waals surface area contributed by atoms with Crippen molar-refractivity contribution in [1.82, 2.24) is 24.3 Å². The molecule has 1 amide bonds. The van der Waals surface area contributed by atoms with Crippen LogP contribution in [-0.4, -0.2) is 56.4 Å². The zero-order chi connectivity index (χ0) is 17.2. The van der Waals surface area contributed by atoms with Gasteiger partial charge in [0.15, 0.2) is 0 Å². The van der Waals surface area contributed by atoms with Crippen LogP contribution in [0.1, 0.15) is 16.3 Å². The van der Waals surface area contributed by atoms with Crippen molar-refractivity contribution >= 4 is 16.7 Å². The maximum atomic E-state index is 12.9. The average Bonchev–Trinajstić information content (AvgIpc) is 3.06. The number of carbonyl (C=O) groups excluding carboxylic acids is 1. The minimum absolute atomic E-state index is 0.0217. The summed E-state index contributed by atoms with van der Waals surface area (Å²) in [6.07, 6.45) is 5.50. The Hall–Kier alpha value is -2.73. The van der Waals surface area contributed by atoms with Crippen LogP contribution >= 0.6 is 0 Å². The number of amides is 1. The number of benzene rings is 1. The lowest BCUT2D eigenvalue weighted by Gasteiger charge is -2.34. The number of aryl methyl sites for hydroxylation is 1. The van der Waals surface area contributed by atoms with Gasteiger partial charge in [-0.15, -0.1) is 0 Å². The third kappa shape index (κ3) is 3.13. The number of hydrogen-bond donors (Lipinski definition) is 0. The Bertz CT molecular complexity index is 890. The summed E-state index contributed by atoms with van der Waals surface area (Å²) >= 11 is 0.